The second-order valence-corrected chi connectivity index (χ2v) is 7.61. The molecule has 0 aromatic heterocycles. The van der Waals surface area contributed by atoms with Crippen molar-refractivity contribution in [3.05, 3.63) is 35.4 Å². The molecule has 2 unspecified atom stereocenters. The smallest absolute Gasteiger partial charge is 0.130 e. The van der Waals surface area contributed by atoms with E-state index < -0.39 is 11.6 Å². The van der Waals surface area contributed by atoms with E-state index in [-0.39, 0.29) is 16.1 Å². The molecule has 0 radical (unpaired) electrons. The lowest BCUT2D eigenvalue weighted by atomic mass is 9.97. The van der Waals surface area contributed by atoms with E-state index in [4.69, 9.17) is 4.84 Å². The lowest BCUT2D eigenvalue weighted by molar-refractivity contribution is -0.0268. The number of hydrogen-bond acceptors (Lipinski definition) is 4. The summed E-state index contributed by atoms with van der Waals surface area (Å²) < 4.78 is 26.6. The van der Waals surface area contributed by atoms with Crippen LogP contribution in [-0.4, -0.2) is 17.9 Å². The Morgan fingerprint density at radius 3 is 2.67 bits per heavy atom. The monoisotopic (exact) mass is 291 g/mol. The molecule has 100 valence electrons. The first-order chi connectivity index (χ1) is 8.45. The fourth-order valence-electron chi connectivity index (χ4n) is 1.92. The Labute approximate surface area is 113 Å². The summed E-state index contributed by atoms with van der Waals surface area (Å²) in [4.78, 5) is 5.52. The molecule has 0 saturated carbocycles. The minimum absolute atomic E-state index is 0.140. The Morgan fingerprint density at radius 2 is 2.06 bits per heavy atom. The molecular weight excluding hydrogens is 276 g/mol. The van der Waals surface area contributed by atoms with Gasteiger partial charge in [0, 0.05) is 18.7 Å². The summed E-state index contributed by atoms with van der Waals surface area (Å²) in [7, 11) is 4.90. The van der Waals surface area contributed by atoms with E-state index in [0.717, 1.165) is 6.07 Å². The normalized spacial score (nSPS) is 26.5. The largest absolute Gasteiger partial charge is 0.296 e. The van der Waals surface area contributed by atoms with Gasteiger partial charge in [-0.25, -0.2) is 14.3 Å². The predicted octanol–water partition coefficient (Wildman–Crippen LogP) is 3.70. The molecule has 2 atom stereocenters. The van der Waals surface area contributed by atoms with Crippen LogP contribution in [0.3, 0.4) is 0 Å². The molecule has 0 spiro atoms. The van der Waals surface area contributed by atoms with Gasteiger partial charge in [-0.2, -0.15) is 0 Å². The maximum absolute atomic E-state index is 13.8. The minimum Gasteiger partial charge on any atom is -0.296 e. The summed E-state index contributed by atoms with van der Waals surface area (Å²) in [6, 6.07) is 3.70. The Morgan fingerprint density at radius 1 is 1.33 bits per heavy atom. The van der Waals surface area contributed by atoms with Crippen LogP contribution in [0.25, 0.3) is 0 Å². The van der Waals surface area contributed by atoms with E-state index in [1.807, 2.05) is 13.8 Å². The SMILES string of the molecule is CNOC1C(c2ccc(F)cc2F)SSC1(C)C. The third kappa shape index (κ3) is 2.66. The molecule has 6 heteroatoms. The van der Waals surface area contributed by atoms with Gasteiger partial charge in [0.05, 0.1) is 10.00 Å². The van der Waals surface area contributed by atoms with Crippen molar-refractivity contribution in [2.24, 2.45) is 0 Å². The molecule has 1 saturated heterocycles. The van der Waals surface area contributed by atoms with Crippen LogP contribution in [0.5, 0.6) is 0 Å². The average molecular weight is 291 g/mol. The van der Waals surface area contributed by atoms with Gasteiger partial charge in [-0.1, -0.05) is 27.7 Å². The van der Waals surface area contributed by atoms with Crippen molar-refractivity contribution in [3.63, 3.8) is 0 Å². The minimum atomic E-state index is -0.558. The van der Waals surface area contributed by atoms with Gasteiger partial charge in [0.1, 0.15) is 17.7 Å². The van der Waals surface area contributed by atoms with Crippen molar-refractivity contribution in [2.75, 3.05) is 7.05 Å². The van der Waals surface area contributed by atoms with Gasteiger partial charge in [0.25, 0.3) is 0 Å². The van der Waals surface area contributed by atoms with E-state index in [0.29, 0.717) is 5.56 Å². The number of hydrogen-bond donors (Lipinski definition) is 1. The van der Waals surface area contributed by atoms with Gasteiger partial charge in [-0.15, -0.1) is 0 Å². The molecule has 1 aromatic rings. The third-order valence-electron chi connectivity index (χ3n) is 2.84. The van der Waals surface area contributed by atoms with Crippen LogP contribution >= 0.6 is 21.6 Å². The molecule has 0 aliphatic carbocycles. The van der Waals surface area contributed by atoms with Crippen LogP contribution in [0.15, 0.2) is 18.2 Å². The summed E-state index contributed by atoms with van der Waals surface area (Å²) in [6.07, 6.45) is -0.183. The summed E-state index contributed by atoms with van der Waals surface area (Å²) in [5.41, 5.74) is 3.16. The number of rotatable bonds is 3. The molecule has 1 aromatic carbocycles. The van der Waals surface area contributed by atoms with E-state index >= 15 is 0 Å². The van der Waals surface area contributed by atoms with Crippen LogP contribution in [0.2, 0.25) is 0 Å². The average Bonchev–Trinajstić information content (AvgIpc) is 2.56. The molecule has 1 N–H and O–H groups in total. The number of nitrogens with one attached hydrogen (secondary N) is 1. The molecule has 0 bridgehead atoms. The zero-order chi connectivity index (χ0) is 13.3. The van der Waals surface area contributed by atoms with Crippen molar-refractivity contribution in [3.8, 4) is 0 Å². The predicted molar refractivity (Wildman–Crippen MR) is 72.3 cm³/mol. The Balaban J connectivity index is 2.32. The van der Waals surface area contributed by atoms with Gasteiger partial charge in [0.2, 0.25) is 0 Å². The topological polar surface area (TPSA) is 21.3 Å². The summed E-state index contributed by atoms with van der Waals surface area (Å²) in [5.74, 6) is -1.08. The van der Waals surface area contributed by atoms with Crippen LogP contribution in [0.4, 0.5) is 8.78 Å². The van der Waals surface area contributed by atoms with Gasteiger partial charge in [-0.05, 0) is 19.9 Å². The number of hydroxylamine groups is 1. The van der Waals surface area contributed by atoms with Crippen molar-refractivity contribution < 1.29 is 13.6 Å². The molecule has 18 heavy (non-hydrogen) atoms. The highest BCUT2D eigenvalue weighted by molar-refractivity contribution is 8.77. The summed E-state index contributed by atoms with van der Waals surface area (Å²) in [5, 5.41) is -0.155. The molecule has 1 heterocycles. The Kier molecular flexibility index (Phi) is 4.21. The van der Waals surface area contributed by atoms with Gasteiger partial charge < -0.3 is 0 Å². The molecule has 1 aliphatic heterocycles. The molecule has 1 aliphatic rings. The highest BCUT2D eigenvalue weighted by Gasteiger charge is 2.46. The standard InChI is InChI=1S/C12H15F2NOS2/c1-12(2)11(16-15-3)10(17-18-12)8-5-4-7(13)6-9(8)14/h4-6,10-11,15H,1-3H3. The van der Waals surface area contributed by atoms with E-state index in [1.165, 1.54) is 12.1 Å². The highest BCUT2D eigenvalue weighted by Crippen LogP contribution is 2.59. The number of benzene rings is 1. The maximum atomic E-state index is 13.8. The zero-order valence-electron chi connectivity index (χ0n) is 10.4. The van der Waals surface area contributed by atoms with Gasteiger partial charge in [0.15, 0.2) is 0 Å². The molecule has 2 rings (SSSR count). The van der Waals surface area contributed by atoms with E-state index in [9.17, 15) is 8.78 Å². The Hall–Kier alpha value is -0.300. The van der Waals surface area contributed by atoms with Crippen molar-refractivity contribution in [2.45, 2.75) is 29.9 Å². The first-order valence-electron chi connectivity index (χ1n) is 5.57. The fourth-order valence-corrected chi connectivity index (χ4v) is 5.38. The van der Waals surface area contributed by atoms with Crippen molar-refractivity contribution in [1.29, 1.82) is 0 Å². The van der Waals surface area contributed by atoms with Gasteiger partial charge in [-0.3, -0.25) is 4.84 Å². The maximum Gasteiger partial charge on any atom is 0.130 e. The molecular formula is C12H15F2NOS2. The van der Waals surface area contributed by atoms with Gasteiger partial charge >= 0.3 is 0 Å². The van der Waals surface area contributed by atoms with Crippen LogP contribution < -0.4 is 5.48 Å². The first kappa shape index (κ1) is 14.1. The lowest BCUT2D eigenvalue weighted by Gasteiger charge is -2.27. The van der Waals surface area contributed by atoms with Crippen LogP contribution in [-0.2, 0) is 4.84 Å². The van der Waals surface area contributed by atoms with Crippen LogP contribution in [0, 0.1) is 11.6 Å². The molecule has 1 fully saturated rings. The Bertz CT molecular complexity index is 442. The highest BCUT2D eigenvalue weighted by atomic mass is 33.1. The second-order valence-electron chi connectivity index (χ2n) is 4.61. The van der Waals surface area contributed by atoms with Crippen molar-refractivity contribution in [1.82, 2.24) is 5.48 Å². The lowest BCUT2D eigenvalue weighted by Crippen LogP contribution is -2.37. The van der Waals surface area contributed by atoms with E-state index in [2.05, 4.69) is 5.48 Å². The molecule has 0 amide bonds. The summed E-state index contributed by atoms with van der Waals surface area (Å²) in [6.45, 7) is 4.10. The van der Waals surface area contributed by atoms with Crippen molar-refractivity contribution >= 4 is 21.6 Å². The number of halogens is 2. The van der Waals surface area contributed by atoms with E-state index in [1.54, 1.807) is 28.6 Å². The second kappa shape index (κ2) is 5.36. The van der Waals surface area contributed by atoms with Crippen LogP contribution in [0.1, 0.15) is 24.7 Å². The fraction of sp³-hybridized carbons (Fsp3) is 0.500. The molecule has 2 nitrogen and oxygen atoms in total. The quantitative estimate of drug-likeness (QED) is 0.677. The summed E-state index contributed by atoms with van der Waals surface area (Å²) >= 11 is 0. The third-order valence-corrected chi connectivity index (χ3v) is 6.51. The first-order valence-corrected chi connectivity index (χ1v) is 7.79. The zero-order valence-corrected chi connectivity index (χ0v) is 12.0.